The zero-order chi connectivity index (χ0) is 17.9. The molecule has 0 nitrogen and oxygen atoms in total. The highest BCUT2D eigenvalue weighted by atomic mass is 14.5. The van der Waals surface area contributed by atoms with Gasteiger partial charge in [0, 0.05) is 0 Å². The molecule has 1 aliphatic carbocycles. The van der Waals surface area contributed by atoms with Crippen LogP contribution in [0.1, 0.15) is 38.8 Å². The van der Waals surface area contributed by atoms with Crippen LogP contribution in [0.5, 0.6) is 0 Å². The Morgan fingerprint density at radius 3 is 1.40 bits per heavy atom. The van der Waals surface area contributed by atoms with Gasteiger partial charge in [-0.1, -0.05) is 85.0 Å². The first-order valence-corrected chi connectivity index (χ1v) is 9.04. The van der Waals surface area contributed by atoms with E-state index in [0.717, 1.165) is 0 Å². The zero-order valence-corrected chi connectivity index (χ0v) is 15.6. The minimum atomic E-state index is -0.254. The maximum Gasteiger partial charge on any atom is 0.0706 e. The van der Waals surface area contributed by atoms with Crippen LogP contribution >= 0.6 is 0 Å². The van der Waals surface area contributed by atoms with Gasteiger partial charge in [-0.15, -0.1) is 0 Å². The Labute approximate surface area is 151 Å². The summed E-state index contributed by atoms with van der Waals surface area (Å²) in [6.07, 6.45) is 13.3. The fourth-order valence-corrected chi connectivity index (χ4v) is 4.26. The average Bonchev–Trinajstić information content (AvgIpc) is 2.96. The Bertz CT molecular complexity index is 812. The Kier molecular flexibility index (Phi) is 4.90. The van der Waals surface area contributed by atoms with Gasteiger partial charge in [-0.05, 0) is 61.1 Å². The van der Waals surface area contributed by atoms with Crippen LogP contribution in [0.4, 0.5) is 0 Å². The van der Waals surface area contributed by atoms with Crippen LogP contribution in [-0.4, -0.2) is 0 Å². The van der Waals surface area contributed by atoms with Crippen molar-refractivity contribution in [3.05, 3.63) is 107 Å². The fraction of sp³-hybridized carbons (Fsp3) is 0.200. The molecule has 0 heteroatoms. The Hall–Kier alpha value is -2.60. The number of hydrogen-bond acceptors (Lipinski definition) is 0. The maximum absolute atomic E-state index is 2.29. The predicted octanol–water partition coefficient (Wildman–Crippen LogP) is 7.00. The van der Waals surface area contributed by atoms with Crippen LogP contribution in [0, 0.1) is 0 Å². The molecule has 0 fully saturated rings. The third-order valence-electron chi connectivity index (χ3n) is 5.13. The number of fused-ring (bicyclic) bond motifs is 3. The minimum absolute atomic E-state index is 0.254. The van der Waals surface area contributed by atoms with Gasteiger partial charge in [0.05, 0.1) is 5.41 Å². The molecule has 0 amide bonds. The summed E-state index contributed by atoms with van der Waals surface area (Å²) in [5.41, 5.74) is 7.80. The van der Waals surface area contributed by atoms with E-state index in [2.05, 4.69) is 113 Å². The summed E-state index contributed by atoms with van der Waals surface area (Å²) < 4.78 is 0. The van der Waals surface area contributed by atoms with Gasteiger partial charge in [0.2, 0.25) is 0 Å². The second-order valence-electron chi connectivity index (χ2n) is 6.33. The first-order valence-electron chi connectivity index (χ1n) is 9.04. The molecule has 0 bridgehead atoms. The first kappa shape index (κ1) is 17.2. The molecule has 0 aliphatic heterocycles. The first-order chi connectivity index (χ1) is 12.2. The lowest BCUT2D eigenvalue weighted by Gasteiger charge is -2.35. The van der Waals surface area contributed by atoms with Crippen molar-refractivity contribution in [2.45, 2.75) is 33.1 Å². The van der Waals surface area contributed by atoms with Crippen molar-refractivity contribution >= 4 is 0 Å². The molecule has 0 heterocycles. The van der Waals surface area contributed by atoms with Crippen LogP contribution in [0.25, 0.3) is 11.1 Å². The fourth-order valence-electron chi connectivity index (χ4n) is 4.26. The summed E-state index contributed by atoms with van der Waals surface area (Å²) >= 11 is 0. The van der Waals surface area contributed by atoms with Crippen molar-refractivity contribution in [2.24, 2.45) is 0 Å². The van der Waals surface area contributed by atoms with E-state index in [1.807, 2.05) is 0 Å². The molecule has 3 rings (SSSR count). The van der Waals surface area contributed by atoms with Gasteiger partial charge in [-0.25, -0.2) is 0 Å². The molecule has 0 unspecified atom stereocenters. The number of hydrogen-bond donors (Lipinski definition) is 0. The van der Waals surface area contributed by atoms with Crippen LogP contribution in [0.2, 0.25) is 0 Å². The van der Waals surface area contributed by atoms with E-state index in [4.69, 9.17) is 0 Å². The maximum atomic E-state index is 2.29. The number of benzene rings is 2. The van der Waals surface area contributed by atoms with E-state index in [1.54, 1.807) is 0 Å². The van der Waals surface area contributed by atoms with Crippen molar-refractivity contribution in [1.29, 1.82) is 0 Å². The highest BCUT2D eigenvalue weighted by Crippen LogP contribution is 2.56. The van der Waals surface area contributed by atoms with Crippen LogP contribution in [0.3, 0.4) is 0 Å². The Morgan fingerprint density at radius 2 is 1.04 bits per heavy atom. The summed E-state index contributed by atoms with van der Waals surface area (Å²) in [5, 5.41) is 0. The molecular formula is C25H26. The zero-order valence-electron chi connectivity index (χ0n) is 15.6. The van der Waals surface area contributed by atoms with E-state index in [0.29, 0.717) is 0 Å². The topological polar surface area (TPSA) is 0 Å². The second kappa shape index (κ2) is 7.11. The van der Waals surface area contributed by atoms with Crippen molar-refractivity contribution in [3.63, 3.8) is 0 Å². The lowest BCUT2D eigenvalue weighted by Crippen LogP contribution is -2.29. The van der Waals surface area contributed by atoms with Gasteiger partial charge in [-0.3, -0.25) is 0 Å². The van der Waals surface area contributed by atoms with Crippen LogP contribution in [0.15, 0.2) is 96.1 Å². The standard InChI is InChI=1S/C25H26/c1-5-13-19(7-3)25(20(8-4)14-6-2)23-17-11-9-15-21(23)22-16-10-12-18-24(22)25/h5-18H,1-4H3/b13-5-,14-6-,19-7+,20-8+. The molecule has 126 valence electrons. The molecular weight excluding hydrogens is 300 g/mol. The summed E-state index contributed by atoms with van der Waals surface area (Å²) in [6, 6.07) is 17.7. The quantitative estimate of drug-likeness (QED) is 0.531. The molecule has 0 saturated heterocycles. The molecule has 0 atom stereocenters. The third kappa shape index (κ3) is 2.44. The second-order valence-corrected chi connectivity index (χ2v) is 6.33. The smallest absolute Gasteiger partial charge is 0.0706 e. The molecule has 0 N–H and O–H groups in total. The molecule has 0 aromatic heterocycles. The minimum Gasteiger partial charge on any atom is -0.0873 e. The highest BCUT2D eigenvalue weighted by Gasteiger charge is 2.46. The SMILES string of the molecule is C/C=C\C(=C/C)C1(C(/C=C\C)=C/C)c2ccccc2-c2ccccc21. The molecule has 0 saturated carbocycles. The highest BCUT2D eigenvalue weighted by molar-refractivity contribution is 5.86. The summed E-state index contributed by atoms with van der Waals surface area (Å²) in [6.45, 7) is 8.47. The van der Waals surface area contributed by atoms with Gasteiger partial charge in [0.15, 0.2) is 0 Å². The lowest BCUT2D eigenvalue weighted by atomic mass is 9.66. The van der Waals surface area contributed by atoms with E-state index in [1.165, 1.54) is 33.4 Å². The van der Waals surface area contributed by atoms with Gasteiger partial charge in [0.1, 0.15) is 0 Å². The van der Waals surface area contributed by atoms with E-state index >= 15 is 0 Å². The largest absolute Gasteiger partial charge is 0.0873 e. The van der Waals surface area contributed by atoms with Gasteiger partial charge in [-0.2, -0.15) is 0 Å². The Morgan fingerprint density at radius 1 is 0.640 bits per heavy atom. The molecule has 25 heavy (non-hydrogen) atoms. The van der Waals surface area contributed by atoms with E-state index in [-0.39, 0.29) is 5.41 Å². The van der Waals surface area contributed by atoms with Crippen LogP contribution in [-0.2, 0) is 5.41 Å². The van der Waals surface area contributed by atoms with Gasteiger partial charge < -0.3 is 0 Å². The van der Waals surface area contributed by atoms with Crippen molar-refractivity contribution in [3.8, 4) is 11.1 Å². The van der Waals surface area contributed by atoms with Crippen molar-refractivity contribution in [2.75, 3.05) is 0 Å². The lowest BCUT2D eigenvalue weighted by molar-refractivity contribution is 0.761. The van der Waals surface area contributed by atoms with Crippen LogP contribution < -0.4 is 0 Å². The van der Waals surface area contributed by atoms with E-state index < -0.39 is 0 Å². The third-order valence-corrected chi connectivity index (χ3v) is 5.13. The summed E-state index contributed by atoms with van der Waals surface area (Å²) in [5.74, 6) is 0. The molecule has 1 aliphatic rings. The summed E-state index contributed by atoms with van der Waals surface area (Å²) in [7, 11) is 0. The number of allylic oxidation sites excluding steroid dienone is 8. The van der Waals surface area contributed by atoms with E-state index in [9.17, 15) is 0 Å². The normalized spacial score (nSPS) is 16.5. The van der Waals surface area contributed by atoms with Crippen molar-refractivity contribution in [1.82, 2.24) is 0 Å². The average molecular weight is 326 g/mol. The Balaban J connectivity index is 2.51. The molecule has 0 radical (unpaired) electrons. The van der Waals surface area contributed by atoms with Gasteiger partial charge >= 0.3 is 0 Å². The van der Waals surface area contributed by atoms with Crippen molar-refractivity contribution < 1.29 is 0 Å². The van der Waals surface area contributed by atoms with Gasteiger partial charge in [0.25, 0.3) is 0 Å². The monoisotopic (exact) mass is 326 g/mol. The predicted molar refractivity (Wildman–Crippen MR) is 110 cm³/mol. The number of rotatable bonds is 4. The molecule has 2 aromatic carbocycles. The molecule has 0 spiro atoms. The summed E-state index contributed by atoms with van der Waals surface area (Å²) in [4.78, 5) is 0. The molecule has 2 aromatic rings.